The van der Waals surface area contributed by atoms with Gasteiger partial charge >= 0.3 is 0 Å². The first-order chi connectivity index (χ1) is 17.2. The van der Waals surface area contributed by atoms with Crippen molar-refractivity contribution in [1.29, 1.82) is 0 Å². The zero-order valence-electron chi connectivity index (χ0n) is 18.9. The third-order valence-corrected chi connectivity index (χ3v) is 5.69. The molecule has 8 heteroatoms. The van der Waals surface area contributed by atoms with Crippen LogP contribution < -0.4 is 4.74 Å². The van der Waals surface area contributed by atoms with Crippen molar-refractivity contribution in [3.8, 4) is 39.1 Å². The minimum Gasteiger partial charge on any atom is -0.457 e. The van der Waals surface area contributed by atoms with Crippen molar-refractivity contribution in [2.75, 3.05) is 6.86 Å². The zero-order chi connectivity index (χ0) is 26.0. The number of benzene rings is 4. The number of rotatable bonds is 7. The van der Waals surface area contributed by atoms with E-state index in [-0.39, 0.29) is 22.3 Å². The molecule has 0 N–H and O–H groups in total. The number of alkyl halides is 1. The van der Waals surface area contributed by atoms with Crippen LogP contribution in [0.1, 0.15) is 18.9 Å². The maximum atomic E-state index is 15.0. The van der Waals surface area contributed by atoms with E-state index in [0.717, 1.165) is 30.2 Å². The van der Waals surface area contributed by atoms with Gasteiger partial charge in [-0.05, 0) is 65.1 Å². The molecule has 0 heterocycles. The predicted octanol–water partition coefficient (Wildman–Crippen LogP) is 8.78. The monoisotopic (exact) mass is 504 g/mol. The smallest absolute Gasteiger partial charge is 0.228 e. The molecule has 0 amide bonds. The highest BCUT2D eigenvalue weighted by Gasteiger charge is 2.20. The number of hydrogen-bond donors (Lipinski definition) is 0. The number of aryl methyl sites for hydroxylation is 1. The first-order valence-electron chi connectivity index (χ1n) is 11.0. The van der Waals surface area contributed by atoms with E-state index in [1.165, 1.54) is 18.2 Å². The van der Waals surface area contributed by atoms with E-state index in [0.29, 0.717) is 18.6 Å². The standard InChI is InChI=1S/C28H19F7O/c1-2-3-15-4-6-19(21(30)8-15)16-5-7-20(22(31)9-16)17-10-23(32)27(24(33)11-17)18-12-25(34)28(36-14-29)26(35)13-18/h4-13H,2-3,14H2,1H3. The van der Waals surface area contributed by atoms with Crippen LogP contribution in [0.3, 0.4) is 0 Å². The molecule has 0 aliphatic carbocycles. The highest BCUT2D eigenvalue weighted by atomic mass is 19.2. The molecular weight excluding hydrogens is 485 g/mol. The molecule has 0 bridgehead atoms. The second kappa shape index (κ2) is 10.4. The van der Waals surface area contributed by atoms with Crippen molar-refractivity contribution in [1.82, 2.24) is 0 Å². The first kappa shape index (κ1) is 25.3. The van der Waals surface area contributed by atoms with Crippen LogP contribution in [0.2, 0.25) is 0 Å². The third kappa shape index (κ3) is 4.94. The molecule has 1 nitrogen and oxygen atoms in total. The minimum atomic E-state index is -1.49. The molecule has 0 aliphatic heterocycles. The lowest BCUT2D eigenvalue weighted by atomic mass is 9.95. The summed E-state index contributed by atoms with van der Waals surface area (Å²) in [6.07, 6.45) is 1.54. The van der Waals surface area contributed by atoms with E-state index in [4.69, 9.17) is 0 Å². The average Bonchev–Trinajstić information content (AvgIpc) is 2.81. The molecule has 4 aromatic carbocycles. The van der Waals surface area contributed by atoms with Gasteiger partial charge in [0, 0.05) is 11.1 Å². The Labute approximate surface area is 202 Å². The molecule has 0 spiro atoms. The van der Waals surface area contributed by atoms with Gasteiger partial charge in [-0.1, -0.05) is 37.6 Å². The fraction of sp³-hybridized carbons (Fsp3) is 0.143. The van der Waals surface area contributed by atoms with Gasteiger partial charge in [0.25, 0.3) is 0 Å². The van der Waals surface area contributed by atoms with Gasteiger partial charge in [0.1, 0.15) is 23.3 Å². The van der Waals surface area contributed by atoms with Gasteiger partial charge in [0.2, 0.25) is 6.86 Å². The van der Waals surface area contributed by atoms with Crippen LogP contribution in [-0.2, 0) is 6.42 Å². The number of halogens is 7. The molecule has 0 saturated carbocycles. The molecular formula is C28H19F7O. The maximum absolute atomic E-state index is 15.0. The van der Waals surface area contributed by atoms with Gasteiger partial charge in [-0.25, -0.2) is 30.7 Å². The molecule has 0 aromatic heterocycles. The van der Waals surface area contributed by atoms with Crippen molar-refractivity contribution >= 4 is 0 Å². The Kier molecular flexibility index (Phi) is 7.33. The van der Waals surface area contributed by atoms with Crippen LogP contribution in [0.5, 0.6) is 5.75 Å². The molecule has 4 rings (SSSR count). The molecule has 4 aromatic rings. The topological polar surface area (TPSA) is 9.23 Å². The largest absolute Gasteiger partial charge is 0.457 e. The first-order valence-corrected chi connectivity index (χ1v) is 11.0. The summed E-state index contributed by atoms with van der Waals surface area (Å²) in [4.78, 5) is 0. The second-order valence-corrected chi connectivity index (χ2v) is 8.10. The molecule has 0 aliphatic rings. The van der Waals surface area contributed by atoms with Gasteiger partial charge in [0.05, 0.1) is 5.56 Å². The van der Waals surface area contributed by atoms with Gasteiger partial charge in [-0.3, -0.25) is 0 Å². The second-order valence-electron chi connectivity index (χ2n) is 8.10. The van der Waals surface area contributed by atoms with E-state index in [9.17, 15) is 30.7 Å². The normalized spacial score (nSPS) is 11.1. The fourth-order valence-corrected chi connectivity index (χ4v) is 4.05. The summed E-state index contributed by atoms with van der Waals surface area (Å²) in [5.41, 5.74) is -0.338. The van der Waals surface area contributed by atoms with Crippen LogP contribution in [0.4, 0.5) is 30.7 Å². The van der Waals surface area contributed by atoms with E-state index in [1.807, 2.05) is 6.92 Å². The highest BCUT2D eigenvalue weighted by molar-refractivity contribution is 5.75. The summed E-state index contributed by atoms with van der Waals surface area (Å²) in [6, 6.07) is 11.3. The molecule has 0 atom stereocenters. The van der Waals surface area contributed by atoms with Gasteiger partial charge in [-0.15, -0.1) is 0 Å². The summed E-state index contributed by atoms with van der Waals surface area (Å²) in [7, 11) is 0. The van der Waals surface area contributed by atoms with E-state index in [2.05, 4.69) is 4.74 Å². The molecule has 0 unspecified atom stereocenters. The zero-order valence-corrected chi connectivity index (χ0v) is 18.9. The maximum Gasteiger partial charge on any atom is 0.228 e. The van der Waals surface area contributed by atoms with E-state index in [1.54, 1.807) is 12.1 Å². The Bertz CT molecular complexity index is 1390. The van der Waals surface area contributed by atoms with E-state index >= 15 is 0 Å². The summed E-state index contributed by atoms with van der Waals surface area (Å²) in [5, 5.41) is 0. The molecule has 36 heavy (non-hydrogen) atoms. The van der Waals surface area contributed by atoms with Gasteiger partial charge in [-0.2, -0.15) is 0 Å². The summed E-state index contributed by atoms with van der Waals surface area (Å²) < 4.78 is 104. The molecule has 0 fully saturated rings. The van der Waals surface area contributed by atoms with Crippen molar-refractivity contribution in [2.45, 2.75) is 19.8 Å². The molecule has 186 valence electrons. The average molecular weight is 504 g/mol. The highest BCUT2D eigenvalue weighted by Crippen LogP contribution is 2.36. The summed E-state index contributed by atoms with van der Waals surface area (Å²) in [5.74, 6) is -7.48. The Morgan fingerprint density at radius 1 is 0.583 bits per heavy atom. The van der Waals surface area contributed by atoms with Crippen molar-refractivity contribution in [3.63, 3.8) is 0 Å². The van der Waals surface area contributed by atoms with Crippen molar-refractivity contribution < 1.29 is 35.5 Å². The predicted molar refractivity (Wildman–Crippen MR) is 123 cm³/mol. The molecule has 0 radical (unpaired) electrons. The number of hydrogen-bond acceptors (Lipinski definition) is 1. The quantitative estimate of drug-likeness (QED) is 0.229. The lowest BCUT2D eigenvalue weighted by Crippen LogP contribution is -2.00. The van der Waals surface area contributed by atoms with Crippen molar-refractivity contribution in [3.05, 3.63) is 101 Å². The van der Waals surface area contributed by atoms with Crippen LogP contribution in [0, 0.1) is 34.9 Å². The molecule has 0 saturated heterocycles. The minimum absolute atomic E-state index is 0.157. The summed E-state index contributed by atoms with van der Waals surface area (Å²) >= 11 is 0. The van der Waals surface area contributed by atoms with Crippen LogP contribution in [-0.4, -0.2) is 6.86 Å². The number of ether oxygens (including phenoxy) is 1. The lowest BCUT2D eigenvalue weighted by Gasteiger charge is -2.12. The Hall–Kier alpha value is -3.81. The Balaban J connectivity index is 1.70. The SMILES string of the molecule is CCCc1ccc(-c2ccc(-c3cc(F)c(-c4cc(F)c(OCF)c(F)c4)c(F)c3)c(F)c2)c(F)c1. The van der Waals surface area contributed by atoms with Gasteiger partial charge in [0.15, 0.2) is 17.4 Å². The van der Waals surface area contributed by atoms with Crippen LogP contribution in [0.15, 0.2) is 60.7 Å². The van der Waals surface area contributed by atoms with Crippen molar-refractivity contribution in [2.24, 2.45) is 0 Å². The summed E-state index contributed by atoms with van der Waals surface area (Å²) in [6.45, 7) is 0.472. The lowest BCUT2D eigenvalue weighted by molar-refractivity contribution is 0.176. The van der Waals surface area contributed by atoms with Crippen LogP contribution in [0.25, 0.3) is 33.4 Å². The Morgan fingerprint density at radius 2 is 1.11 bits per heavy atom. The Morgan fingerprint density at radius 3 is 1.67 bits per heavy atom. The fourth-order valence-electron chi connectivity index (χ4n) is 4.05. The van der Waals surface area contributed by atoms with Gasteiger partial charge < -0.3 is 4.74 Å². The third-order valence-electron chi connectivity index (χ3n) is 5.69. The van der Waals surface area contributed by atoms with Crippen LogP contribution >= 0.6 is 0 Å². The van der Waals surface area contributed by atoms with E-state index < -0.39 is 58.6 Å².